The quantitative estimate of drug-likeness (QED) is 0.741. The number of ether oxygens (including phenoxy) is 1. The van der Waals surface area contributed by atoms with Gasteiger partial charge in [-0.1, -0.05) is 12.1 Å². The van der Waals surface area contributed by atoms with E-state index >= 15 is 0 Å². The molecule has 0 N–H and O–H groups in total. The van der Waals surface area contributed by atoms with Crippen LogP contribution < -0.4 is 0 Å². The summed E-state index contributed by atoms with van der Waals surface area (Å²) in [5.41, 5.74) is 0. The van der Waals surface area contributed by atoms with Gasteiger partial charge >= 0.3 is 0 Å². The monoisotopic (exact) mass is 234 g/mol. The van der Waals surface area contributed by atoms with Gasteiger partial charge in [-0.3, -0.25) is 4.90 Å². The van der Waals surface area contributed by atoms with Crippen molar-refractivity contribution in [1.29, 1.82) is 0 Å². The Hall–Kier alpha value is -0.900. The summed E-state index contributed by atoms with van der Waals surface area (Å²) in [6.07, 6.45) is 0. The van der Waals surface area contributed by atoms with E-state index in [1.807, 2.05) is 0 Å². The molecule has 1 aromatic heterocycles. The minimum absolute atomic E-state index is 0.290. The molecule has 2 nitrogen and oxygen atoms in total. The molecular formula is C13H16NOS+. The second-order valence-corrected chi connectivity index (χ2v) is 5.96. The number of thiophene rings is 1. The number of benzene rings is 1. The maximum atomic E-state index is 5.38. The Morgan fingerprint density at radius 1 is 1.12 bits per heavy atom. The number of hydrogen-bond donors (Lipinski definition) is 0. The standard InChI is InChI=1S/C13H16NOS/c1-2-4-13-12(3-1)5-10-16(13)11-14-6-8-15-9-7-14/h1-5,10H,6-9,11H2/q+1. The summed E-state index contributed by atoms with van der Waals surface area (Å²) >= 11 is 0. The van der Waals surface area contributed by atoms with E-state index in [0.29, 0.717) is 10.5 Å². The van der Waals surface area contributed by atoms with Gasteiger partial charge in [0.05, 0.1) is 13.2 Å². The molecular weight excluding hydrogens is 218 g/mol. The Morgan fingerprint density at radius 3 is 2.81 bits per heavy atom. The van der Waals surface area contributed by atoms with Crippen LogP contribution in [0, 0.1) is 0 Å². The van der Waals surface area contributed by atoms with E-state index in [-0.39, 0.29) is 0 Å². The van der Waals surface area contributed by atoms with Crippen molar-refractivity contribution in [2.75, 3.05) is 26.3 Å². The summed E-state index contributed by atoms with van der Waals surface area (Å²) in [5, 5.41) is 3.76. The predicted octanol–water partition coefficient (Wildman–Crippen LogP) is 2.88. The number of morpholine rings is 1. The Balaban J connectivity index is 1.83. The molecule has 1 atom stereocenters. The van der Waals surface area contributed by atoms with Crippen LogP contribution in [-0.2, 0) is 10.6 Å². The molecule has 2 aromatic rings. The van der Waals surface area contributed by atoms with E-state index in [0.717, 1.165) is 32.2 Å². The second kappa shape index (κ2) is 4.53. The van der Waals surface area contributed by atoms with Gasteiger partial charge in [-0.2, -0.15) is 0 Å². The zero-order valence-corrected chi connectivity index (χ0v) is 10.1. The first-order valence-electron chi connectivity index (χ1n) is 5.70. The van der Waals surface area contributed by atoms with Crippen LogP contribution in [0.15, 0.2) is 35.7 Å². The molecule has 16 heavy (non-hydrogen) atoms. The summed E-state index contributed by atoms with van der Waals surface area (Å²) in [4.78, 5) is 2.51. The maximum absolute atomic E-state index is 5.38. The van der Waals surface area contributed by atoms with Gasteiger partial charge in [0.2, 0.25) is 0 Å². The van der Waals surface area contributed by atoms with Crippen LogP contribution in [0.4, 0.5) is 0 Å². The Labute approximate surface area is 98.4 Å². The lowest BCUT2D eigenvalue weighted by Crippen LogP contribution is -2.34. The minimum Gasteiger partial charge on any atom is -0.379 e. The van der Waals surface area contributed by atoms with Crippen LogP contribution in [0.5, 0.6) is 0 Å². The van der Waals surface area contributed by atoms with Crippen molar-refractivity contribution in [3.8, 4) is 0 Å². The normalized spacial score (nSPS) is 19.1. The fraction of sp³-hybridized carbons (Fsp3) is 0.385. The average molecular weight is 234 g/mol. The SMILES string of the molecule is c1ccc2c(c1)cc[s+]2CN1CCOCC1. The molecule has 2 heterocycles. The molecule has 3 heteroatoms. The highest BCUT2D eigenvalue weighted by molar-refractivity contribution is 7.35. The average Bonchev–Trinajstić information content (AvgIpc) is 2.74. The largest absolute Gasteiger partial charge is 0.379 e. The van der Waals surface area contributed by atoms with Crippen LogP contribution >= 0.6 is 10.5 Å². The Morgan fingerprint density at radius 2 is 1.94 bits per heavy atom. The summed E-state index contributed by atoms with van der Waals surface area (Å²) in [6.45, 7) is 3.95. The fourth-order valence-corrected chi connectivity index (χ4v) is 4.15. The molecule has 1 aliphatic rings. The van der Waals surface area contributed by atoms with Gasteiger partial charge in [-0.15, -0.1) is 0 Å². The molecule has 1 saturated heterocycles. The van der Waals surface area contributed by atoms with Crippen LogP contribution in [0.25, 0.3) is 10.1 Å². The van der Waals surface area contributed by atoms with Gasteiger partial charge < -0.3 is 4.74 Å². The van der Waals surface area contributed by atoms with Gasteiger partial charge in [0.15, 0.2) is 10.6 Å². The third-order valence-electron chi connectivity index (χ3n) is 3.04. The molecule has 0 aliphatic carbocycles. The summed E-state index contributed by atoms with van der Waals surface area (Å²) in [5.74, 6) is 1.16. The summed E-state index contributed by atoms with van der Waals surface area (Å²) in [6, 6.07) is 11.0. The van der Waals surface area contributed by atoms with Crippen molar-refractivity contribution in [3.05, 3.63) is 35.7 Å². The lowest BCUT2D eigenvalue weighted by molar-refractivity contribution is 0.0399. The topological polar surface area (TPSA) is 12.5 Å². The first kappa shape index (κ1) is 10.3. The van der Waals surface area contributed by atoms with Crippen LogP contribution in [0.2, 0.25) is 0 Å². The van der Waals surface area contributed by atoms with Crippen molar-refractivity contribution in [1.82, 2.24) is 4.90 Å². The summed E-state index contributed by atoms with van der Waals surface area (Å²) < 4.78 is 6.89. The molecule has 0 bridgehead atoms. The van der Waals surface area contributed by atoms with Crippen molar-refractivity contribution >= 4 is 20.6 Å². The molecule has 84 valence electrons. The zero-order valence-electron chi connectivity index (χ0n) is 9.26. The zero-order chi connectivity index (χ0) is 10.8. The van der Waals surface area contributed by atoms with Crippen LogP contribution in [0.3, 0.4) is 0 Å². The molecule has 0 spiro atoms. The highest BCUT2D eigenvalue weighted by Crippen LogP contribution is 2.33. The maximum Gasteiger partial charge on any atom is 0.182 e. The molecule has 0 saturated carbocycles. The lowest BCUT2D eigenvalue weighted by atomic mass is 10.3. The Bertz CT molecular complexity index is 473. The van der Waals surface area contributed by atoms with E-state index in [1.165, 1.54) is 10.1 Å². The third kappa shape index (κ3) is 1.98. The predicted molar refractivity (Wildman–Crippen MR) is 68.8 cm³/mol. The van der Waals surface area contributed by atoms with Crippen molar-refractivity contribution < 1.29 is 4.74 Å². The second-order valence-electron chi connectivity index (χ2n) is 4.13. The number of nitrogens with zero attached hydrogens (tertiary/aromatic N) is 1. The fourth-order valence-electron chi connectivity index (χ4n) is 2.13. The van der Waals surface area contributed by atoms with Gasteiger partial charge in [-0.05, 0) is 12.1 Å². The van der Waals surface area contributed by atoms with Crippen LogP contribution in [0.1, 0.15) is 0 Å². The van der Waals surface area contributed by atoms with Crippen molar-refractivity contribution in [3.63, 3.8) is 0 Å². The van der Waals surface area contributed by atoms with E-state index in [2.05, 4.69) is 40.6 Å². The number of hydrogen-bond acceptors (Lipinski definition) is 2. The first-order chi connectivity index (χ1) is 7.93. The highest BCUT2D eigenvalue weighted by Gasteiger charge is 2.18. The molecule has 0 radical (unpaired) electrons. The third-order valence-corrected chi connectivity index (χ3v) is 5.08. The first-order valence-corrected chi connectivity index (χ1v) is 7.16. The van der Waals surface area contributed by atoms with Crippen molar-refractivity contribution in [2.24, 2.45) is 0 Å². The molecule has 1 unspecified atom stereocenters. The lowest BCUT2D eigenvalue weighted by Gasteiger charge is -2.23. The van der Waals surface area contributed by atoms with Gasteiger partial charge in [0, 0.05) is 35.0 Å². The van der Waals surface area contributed by atoms with E-state index in [1.54, 1.807) is 0 Å². The Kier molecular flexibility index (Phi) is 2.91. The summed E-state index contributed by atoms with van der Waals surface area (Å²) in [7, 11) is 0.290. The van der Waals surface area contributed by atoms with Gasteiger partial charge in [0.25, 0.3) is 0 Å². The van der Waals surface area contributed by atoms with Crippen LogP contribution in [-0.4, -0.2) is 31.2 Å². The highest BCUT2D eigenvalue weighted by atomic mass is 32.2. The van der Waals surface area contributed by atoms with Gasteiger partial charge in [0.1, 0.15) is 5.38 Å². The van der Waals surface area contributed by atoms with Gasteiger partial charge in [-0.25, -0.2) is 0 Å². The van der Waals surface area contributed by atoms with E-state index in [9.17, 15) is 0 Å². The minimum atomic E-state index is 0.290. The molecule has 0 amide bonds. The molecule has 1 aliphatic heterocycles. The molecule has 3 rings (SSSR count). The molecule has 1 aromatic carbocycles. The van der Waals surface area contributed by atoms with Crippen molar-refractivity contribution in [2.45, 2.75) is 5.88 Å². The number of fused-ring (bicyclic) bond motifs is 1. The van der Waals surface area contributed by atoms with E-state index in [4.69, 9.17) is 4.74 Å². The number of rotatable bonds is 2. The molecule has 1 fully saturated rings. The van der Waals surface area contributed by atoms with E-state index < -0.39 is 0 Å². The smallest absolute Gasteiger partial charge is 0.182 e.